The third-order valence-corrected chi connectivity index (χ3v) is 4.58. The molecule has 2 aromatic rings. The summed E-state index contributed by atoms with van der Waals surface area (Å²) in [7, 11) is 0. The van der Waals surface area contributed by atoms with Gasteiger partial charge in [0.25, 0.3) is 5.91 Å². The zero-order valence-corrected chi connectivity index (χ0v) is 15.1. The Labute approximate surface area is 149 Å². The number of nitrogens with zero attached hydrogens (tertiary/aromatic N) is 2. The minimum absolute atomic E-state index is 0.00115. The second kappa shape index (κ2) is 7.66. The number of carbonyl (C=O) groups is 1. The number of aromatic nitrogens is 1. The minimum atomic E-state index is -0.00115. The molecule has 0 aliphatic carbocycles. The molecule has 1 amide bonds. The van der Waals surface area contributed by atoms with Gasteiger partial charge in [-0.1, -0.05) is 23.8 Å². The number of rotatable bonds is 4. The van der Waals surface area contributed by atoms with Crippen molar-refractivity contribution in [3.8, 4) is 5.75 Å². The predicted molar refractivity (Wildman–Crippen MR) is 97.7 cm³/mol. The second-order valence-corrected chi connectivity index (χ2v) is 6.61. The predicted octanol–water partition coefficient (Wildman–Crippen LogP) is 2.56. The first-order valence-electron chi connectivity index (χ1n) is 8.67. The van der Waals surface area contributed by atoms with Gasteiger partial charge in [0.15, 0.2) is 6.61 Å². The fourth-order valence-corrected chi connectivity index (χ4v) is 3.48. The lowest BCUT2D eigenvalue weighted by Gasteiger charge is -2.36. The third-order valence-electron chi connectivity index (χ3n) is 4.58. The number of nitrogens with one attached hydrogen (secondary N) is 1. The lowest BCUT2D eigenvalue weighted by Crippen LogP contribution is -2.50. The Morgan fingerprint density at radius 3 is 2.76 bits per heavy atom. The number of aryl methyl sites for hydroxylation is 3. The van der Waals surface area contributed by atoms with Crippen molar-refractivity contribution in [1.29, 1.82) is 0 Å². The number of hydrogen-bond acceptors (Lipinski definition) is 4. The normalized spacial score (nSPS) is 17.4. The number of benzene rings is 1. The molecule has 1 aromatic heterocycles. The maximum atomic E-state index is 12.8. The van der Waals surface area contributed by atoms with E-state index in [0.29, 0.717) is 6.54 Å². The van der Waals surface area contributed by atoms with Gasteiger partial charge in [0, 0.05) is 32.0 Å². The van der Waals surface area contributed by atoms with Crippen molar-refractivity contribution in [1.82, 2.24) is 15.2 Å². The van der Waals surface area contributed by atoms with E-state index in [0.717, 1.165) is 35.5 Å². The third kappa shape index (κ3) is 3.99. The van der Waals surface area contributed by atoms with Gasteiger partial charge in [-0.05, 0) is 43.5 Å². The van der Waals surface area contributed by atoms with E-state index in [1.54, 1.807) is 6.20 Å². The topological polar surface area (TPSA) is 54.5 Å². The van der Waals surface area contributed by atoms with Gasteiger partial charge in [-0.3, -0.25) is 9.78 Å². The Morgan fingerprint density at radius 2 is 2.08 bits per heavy atom. The Balaban J connectivity index is 1.71. The van der Waals surface area contributed by atoms with Crippen molar-refractivity contribution < 1.29 is 9.53 Å². The SMILES string of the molecule is Cc1cc(C)c(OCC(=O)N2CCNCC2c2cccnc2)c(C)c1. The molecule has 1 saturated heterocycles. The molecule has 0 bridgehead atoms. The highest BCUT2D eigenvalue weighted by Gasteiger charge is 2.28. The van der Waals surface area contributed by atoms with E-state index in [2.05, 4.69) is 29.4 Å². The van der Waals surface area contributed by atoms with Gasteiger partial charge < -0.3 is 15.0 Å². The van der Waals surface area contributed by atoms with Gasteiger partial charge in [-0.15, -0.1) is 0 Å². The molecular formula is C20H25N3O2. The van der Waals surface area contributed by atoms with Crippen LogP contribution in [-0.2, 0) is 4.79 Å². The molecule has 1 aromatic carbocycles. The van der Waals surface area contributed by atoms with Gasteiger partial charge in [-0.2, -0.15) is 0 Å². The molecule has 25 heavy (non-hydrogen) atoms. The first-order valence-corrected chi connectivity index (χ1v) is 8.67. The highest BCUT2D eigenvalue weighted by molar-refractivity contribution is 5.78. The summed E-state index contributed by atoms with van der Waals surface area (Å²) in [6.45, 7) is 8.36. The van der Waals surface area contributed by atoms with Crippen molar-refractivity contribution in [3.63, 3.8) is 0 Å². The number of pyridine rings is 1. The maximum Gasteiger partial charge on any atom is 0.261 e. The molecule has 1 fully saturated rings. The Hall–Kier alpha value is -2.40. The van der Waals surface area contributed by atoms with E-state index in [4.69, 9.17) is 4.74 Å². The van der Waals surface area contributed by atoms with Crippen LogP contribution in [-0.4, -0.2) is 42.0 Å². The summed E-state index contributed by atoms with van der Waals surface area (Å²) in [6.07, 6.45) is 3.57. The summed E-state index contributed by atoms with van der Waals surface area (Å²) in [5.74, 6) is 0.821. The van der Waals surface area contributed by atoms with Crippen LogP contribution >= 0.6 is 0 Å². The first-order chi connectivity index (χ1) is 12.1. The van der Waals surface area contributed by atoms with E-state index in [1.807, 2.05) is 37.1 Å². The Morgan fingerprint density at radius 1 is 1.32 bits per heavy atom. The van der Waals surface area contributed by atoms with Crippen LogP contribution < -0.4 is 10.1 Å². The average molecular weight is 339 g/mol. The second-order valence-electron chi connectivity index (χ2n) is 6.61. The summed E-state index contributed by atoms with van der Waals surface area (Å²) in [5.41, 5.74) is 4.38. The lowest BCUT2D eigenvalue weighted by molar-refractivity contribution is -0.136. The lowest BCUT2D eigenvalue weighted by atomic mass is 10.1. The van der Waals surface area contributed by atoms with Crippen LogP contribution in [0.15, 0.2) is 36.7 Å². The zero-order chi connectivity index (χ0) is 17.8. The molecule has 1 N–H and O–H groups in total. The van der Waals surface area contributed by atoms with Crippen LogP contribution in [0.1, 0.15) is 28.3 Å². The van der Waals surface area contributed by atoms with Crippen molar-refractivity contribution in [3.05, 3.63) is 58.9 Å². The van der Waals surface area contributed by atoms with Gasteiger partial charge >= 0.3 is 0 Å². The van der Waals surface area contributed by atoms with Crippen LogP contribution in [0.5, 0.6) is 5.75 Å². The number of carbonyl (C=O) groups excluding carboxylic acids is 1. The van der Waals surface area contributed by atoms with Gasteiger partial charge in [-0.25, -0.2) is 0 Å². The van der Waals surface area contributed by atoms with E-state index in [1.165, 1.54) is 5.56 Å². The fraction of sp³-hybridized carbons (Fsp3) is 0.400. The smallest absolute Gasteiger partial charge is 0.261 e. The van der Waals surface area contributed by atoms with Crippen molar-refractivity contribution in [2.75, 3.05) is 26.2 Å². The highest BCUT2D eigenvalue weighted by atomic mass is 16.5. The monoisotopic (exact) mass is 339 g/mol. The van der Waals surface area contributed by atoms with Crippen molar-refractivity contribution in [2.45, 2.75) is 26.8 Å². The van der Waals surface area contributed by atoms with Crippen LogP contribution in [0.2, 0.25) is 0 Å². The molecule has 1 aliphatic rings. The van der Waals surface area contributed by atoms with E-state index in [-0.39, 0.29) is 18.6 Å². The molecule has 5 nitrogen and oxygen atoms in total. The van der Waals surface area contributed by atoms with Crippen LogP contribution in [0.4, 0.5) is 0 Å². The zero-order valence-electron chi connectivity index (χ0n) is 15.1. The largest absolute Gasteiger partial charge is 0.483 e. The standard InChI is InChI=1S/C20H25N3O2/c1-14-9-15(2)20(16(3)10-14)25-13-19(24)23-8-7-22-12-18(23)17-5-4-6-21-11-17/h4-6,9-11,18,22H,7-8,12-13H2,1-3H3. The molecule has 5 heteroatoms. The van der Waals surface area contributed by atoms with Gasteiger partial charge in [0.2, 0.25) is 0 Å². The number of piperazine rings is 1. The molecule has 132 valence electrons. The quantitative estimate of drug-likeness (QED) is 0.930. The average Bonchev–Trinajstić information content (AvgIpc) is 2.61. The highest BCUT2D eigenvalue weighted by Crippen LogP contribution is 2.26. The molecule has 2 heterocycles. The van der Waals surface area contributed by atoms with E-state index < -0.39 is 0 Å². The summed E-state index contributed by atoms with van der Waals surface area (Å²) in [5, 5.41) is 3.35. The van der Waals surface area contributed by atoms with Gasteiger partial charge in [0.1, 0.15) is 5.75 Å². The summed E-state index contributed by atoms with van der Waals surface area (Å²) >= 11 is 0. The maximum absolute atomic E-state index is 12.8. The fourth-order valence-electron chi connectivity index (χ4n) is 3.48. The molecule has 3 rings (SSSR count). The molecule has 1 unspecified atom stereocenters. The van der Waals surface area contributed by atoms with Crippen LogP contribution in [0.25, 0.3) is 0 Å². The van der Waals surface area contributed by atoms with Gasteiger partial charge in [0.05, 0.1) is 6.04 Å². The number of hydrogen-bond donors (Lipinski definition) is 1. The van der Waals surface area contributed by atoms with Crippen molar-refractivity contribution >= 4 is 5.91 Å². The summed E-state index contributed by atoms with van der Waals surface area (Å²) in [6, 6.07) is 8.08. The summed E-state index contributed by atoms with van der Waals surface area (Å²) < 4.78 is 5.89. The minimum Gasteiger partial charge on any atom is -0.483 e. The number of amides is 1. The molecule has 0 radical (unpaired) electrons. The van der Waals surface area contributed by atoms with E-state index >= 15 is 0 Å². The Kier molecular flexibility index (Phi) is 5.34. The Bertz CT molecular complexity index is 723. The van der Waals surface area contributed by atoms with E-state index in [9.17, 15) is 4.79 Å². The molecule has 1 atom stereocenters. The molecule has 0 spiro atoms. The number of ether oxygens (including phenoxy) is 1. The molecular weight excluding hydrogens is 314 g/mol. The first kappa shape index (κ1) is 17.4. The molecule has 1 aliphatic heterocycles. The van der Waals surface area contributed by atoms with Crippen LogP contribution in [0.3, 0.4) is 0 Å². The summed E-state index contributed by atoms with van der Waals surface area (Å²) in [4.78, 5) is 18.9. The van der Waals surface area contributed by atoms with Crippen LogP contribution in [0, 0.1) is 20.8 Å². The molecule has 0 saturated carbocycles. The van der Waals surface area contributed by atoms with Crippen molar-refractivity contribution in [2.24, 2.45) is 0 Å².